The van der Waals surface area contributed by atoms with Crippen LogP contribution >= 0.6 is 11.8 Å². The molecule has 0 radical (unpaired) electrons. The summed E-state index contributed by atoms with van der Waals surface area (Å²) in [5.41, 5.74) is 1.42. The van der Waals surface area contributed by atoms with Crippen LogP contribution in [-0.4, -0.2) is 33.1 Å². The molecule has 0 amide bonds. The minimum Gasteiger partial charge on any atom is -0.482 e. The number of nitrogens with zero attached hydrogens (tertiary/aromatic N) is 2. The molecule has 158 valence electrons. The topological polar surface area (TPSA) is 88.1 Å². The first-order valence-electron chi connectivity index (χ1n) is 8.80. The number of nitrogens with one attached hydrogen (secondary N) is 1. The van der Waals surface area contributed by atoms with Crippen molar-refractivity contribution in [1.29, 1.82) is 0 Å². The summed E-state index contributed by atoms with van der Waals surface area (Å²) in [5, 5.41) is 18.8. The van der Waals surface area contributed by atoms with Gasteiger partial charge in [0.25, 0.3) is 0 Å². The highest BCUT2D eigenvalue weighted by molar-refractivity contribution is 7.99. The van der Waals surface area contributed by atoms with Crippen LogP contribution in [0.5, 0.6) is 5.75 Å². The molecule has 0 saturated carbocycles. The third kappa shape index (κ3) is 5.12. The van der Waals surface area contributed by atoms with Crippen LogP contribution in [0, 0.1) is 13.8 Å². The fourth-order valence-corrected chi connectivity index (χ4v) is 4.12. The number of rotatable bonds is 7. The molecule has 0 fully saturated rings. The molecule has 1 atom stereocenters. The first-order chi connectivity index (χ1) is 14.1. The number of aliphatic carboxylic acids is 1. The molecule has 0 aliphatic rings. The average molecular weight is 437 g/mol. The number of alkyl halides is 3. The number of thioether (sulfide) groups is 1. The maximum absolute atomic E-state index is 13.1. The van der Waals surface area contributed by atoms with Gasteiger partial charge >= 0.3 is 12.1 Å². The molecule has 10 heteroatoms. The summed E-state index contributed by atoms with van der Waals surface area (Å²) in [4.78, 5) is 11.5. The number of halogens is 3. The summed E-state index contributed by atoms with van der Waals surface area (Å²) in [6.45, 7) is 2.77. The SMILES string of the molecule is Cc1cc(SC(c2ccc(C(F)(F)F)c(C)c2)c2cn[nH]n2)ccc1OCC(=O)O. The summed E-state index contributed by atoms with van der Waals surface area (Å²) >= 11 is 1.39. The van der Waals surface area contributed by atoms with Crippen molar-refractivity contribution < 1.29 is 27.8 Å². The molecule has 0 aliphatic heterocycles. The summed E-state index contributed by atoms with van der Waals surface area (Å²) in [6, 6.07) is 9.28. The molecule has 1 unspecified atom stereocenters. The van der Waals surface area contributed by atoms with Gasteiger partial charge in [0.15, 0.2) is 6.61 Å². The van der Waals surface area contributed by atoms with Crippen LogP contribution in [0.25, 0.3) is 0 Å². The zero-order valence-electron chi connectivity index (χ0n) is 16.0. The van der Waals surface area contributed by atoms with Crippen LogP contribution < -0.4 is 4.74 Å². The number of benzene rings is 2. The van der Waals surface area contributed by atoms with E-state index in [4.69, 9.17) is 9.84 Å². The Morgan fingerprint density at radius 1 is 1.20 bits per heavy atom. The van der Waals surface area contributed by atoms with Crippen LogP contribution in [0.2, 0.25) is 0 Å². The Hall–Kier alpha value is -3.01. The van der Waals surface area contributed by atoms with Crippen molar-refractivity contribution in [2.45, 2.75) is 30.2 Å². The van der Waals surface area contributed by atoms with E-state index < -0.39 is 29.6 Å². The standard InChI is InChI=1S/C20H18F3N3O3S/c1-11-7-13(3-5-15(11)20(21,22)23)19(16-9-24-26-25-16)30-14-4-6-17(12(2)8-14)29-10-18(27)28/h3-9,19H,10H2,1-2H3,(H,27,28)(H,24,25,26). The number of hydrogen-bond acceptors (Lipinski definition) is 5. The molecule has 3 aromatic rings. The maximum atomic E-state index is 13.1. The summed E-state index contributed by atoms with van der Waals surface area (Å²) < 4.78 is 44.6. The lowest BCUT2D eigenvalue weighted by Crippen LogP contribution is -2.10. The van der Waals surface area contributed by atoms with E-state index in [0.717, 1.165) is 16.5 Å². The fourth-order valence-electron chi connectivity index (χ4n) is 2.94. The van der Waals surface area contributed by atoms with Crippen LogP contribution in [0.4, 0.5) is 13.2 Å². The highest BCUT2D eigenvalue weighted by Gasteiger charge is 2.32. The zero-order valence-corrected chi connectivity index (χ0v) is 16.8. The summed E-state index contributed by atoms with van der Waals surface area (Å²) in [7, 11) is 0. The molecule has 6 nitrogen and oxygen atoms in total. The summed E-state index contributed by atoms with van der Waals surface area (Å²) in [6.07, 6.45) is -2.89. The molecule has 1 aromatic heterocycles. The largest absolute Gasteiger partial charge is 0.482 e. The van der Waals surface area contributed by atoms with E-state index in [2.05, 4.69) is 15.4 Å². The van der Waals surface area contributed by atoms with E-state index in [-0.39, 0.29) is 5.56 Å². The highest BCUT2D eigenvalue weighted by Crippen LogP contribution is 2.42. The highest BCUT2D eigenvalue weighted by atomic mass is 32.2. The van der Waals surface area contributed by atoms with Crippen molar-refractivity contribution >= 4 is 17.7 Å². The molecule has 2 N–H and O–H groups in total. The molecule has 30 heavy (non-hydrogen) atoms. The second-order valence-electron chi connectivity index (χ2n) is 6.57. The van der Waals surface area contributed by atoms with Gasteiger partial charge in [0.1, 0.15) is 11.4 Å². The van der Waals surface area contributed by atoms with Crippen LogP contribution in [-0.2, 0) is 11.0 Å². The number of H-pyrrole nitrogens is 1. The van der Waals surface area contributed by atoms with Crippen molar-refractivity contribution in [1.82, 2.24) is 15.4 Å². The van der Waals surface area contributed by atoms with Crippen molar-refractivity contribution in [2.24, 2.45) is 0 Å². The number of carbonyl (C=O) groups is 1. The van der Waals surface area contributed by atoms with E-state index in [0.29, 0.717) is 17.0 Å². The van der Waals surface area contributed by atoms with Gasteiger partial charge in [-0.1, -0.05) is 12.1 Å². The number of ether oxygens (including phenoxy) is 1. The van der Waals surface area contributed by atoms with E-state index in [1.807, 2.05) is 6.07 Å². The number of hydrogen-bond donors (Lipinski definition) is 2. The predicted molar refractivity (Wildman–Crippen MR) is 105 cm³/mol. The van der Waals surface area contributed by atoms with Gasteiger partial charge in [0.2, 0.25) is 0 Å². The fraction of sp³-hybridized carbons (Fsp3) is 0.250. The molecule has 3 rings (SSSR count). The quantitative estimate of drug-likeness (QED) is 0.517. The van der Waals surface area contributed by atoms with Gasteiger partial charge in [-0.15, -0.1) is 11.8 Å². The van der Waals surface area contributed by atoms with Crippen LogP contribution in [0.3, 0.4) is 0 Å². The maximum Gasteiger partial charge on any atom is 0.416 e. The first kappa shape index (κ1) is 21.7. The van der Waals surface area contributed by atoms with Gasteiger partial charge in [-0.2, -0.15) is 28.6 Å². The second-order valence-corrected chi connectivity index (χ2v) is 7.75. The van der Waals surface area contributed by atoms with Gasteiger partial charge < -0.3 is 9.84 Å². The van der Waals surface area contributed by atoms with Gasteiger partial charge in [0.05, 0.1) is 17.0 Å². The van der Waals surface area contributed by atoms with E-state index in [9.17, 15) is 18.0 Å². The Balaban J connectivity index is 1.90. The smallest absolute Gasteiger partial charge is 0.416 e. The molecule has 0 spiro atoms. The Morgan fingerprint density at radius 2 is 1.97 bits per heavy atom. The molecule has 0 bridgehead atoms. The number of aromatic amines is 1. The molecule has 1 heterocycles. The van der Waals surface area contributed by atoms with E-state index >= 15 is 0 Å². The minimum atomic E-state index is -4.41. The van der Waals surface area contributed by atoms with Crippen molar-refractivity contribution in [3.05, 3.63) is 70.5 Å². The lowest BCUT2D eigenvalue weighted by molar-refractivity contribution is -0.139. The second kappa shape index (κ2) is 8.78. The number of carboxylic acids is 1. The van der Waals surface area contributed by atoms with Gasteiger partial charge in [-0.3, -0.25) is 0 Å². The molecule has 0 aliphatic carbocycles. The number of aromatic nitrogens is 3. The average Bonchev–Trinajstić information content (AvgIpc) is 3.18. The third-order valence-corrected chi connectivity index (χ3v) is 5.59. The van der Waals surface area contributed by atoms with Crippen LogP contribution in [0.1, 0.15) is 33.2 Å². The van der Waals surface area contributed by atoms with Gasteiger partial charge in [-0.05, 0) is 54.8 Å². The third-order valence-electron chi connectivity index (χ3n) is 4.31. The summed E-state index contributed by atoms with van der Waals surface area (Å²) in [5.74, 6) is -0.623. The van der Waals surface area contributed by atoms with Crippen LogP contribution in [0.15, 0.2) is 47.5 Å². The Bertz CT molecular complexity index is 1040. The van der Waals surface area contributed by atoms with Crippen molar-refractivity contribution in [3.63, 3.8) is 0 Å². The van der Waals surface area contributed by atoms with E-state index in [1.54, 1.807) is 19.1 Å². The minimum absolute atomic E-state index is 0.127. The Morgan fingerprint density at radius 3 is 2.53 bits per heavy atom. The lowest BCUT2D eigenvalue weighted by Gasteiger charge is -2.18. The van der Waals surface area contributed by atoms with Crippen molar-refractivity contribution in [3.8, 4) is 5.75 Å². The van der Waals surface area contributed by atoms with Crippen molar-refractivity contribution in [2.75, 3.05) is 6.61 Å². The van der Waals surface area contributed by atoms with Gasteiger partial charge in [0, 0.05) is 4.90 Å². The predicted octanol–water partition coefficient (Wildman–Crippen LogP) is 4.79. The lowest BCUT2D eigenvalue weighted by atomic mass is 10.0. The molecular formula is C20H18F3N3O3S. The number of carboxylic acid groups (broad SMARTS) is 1. The zero-order chi connectivity index (χ0) is 21.9. The molecule has 2 aromatic carbocycles. The Kier molecular flexibility index (Phi) is 6.35. The monoisotopic (exact) mass is 437 g/mol. The normalized spacial score (nSPS) is 12.6. The van der Waals surface area contributed by atoms with Gasteiger partial charge in [-0.25, -0.2) is 4.79 Å². The Labute approximate surface area is 174 Å². The molecular weight excluding hydrogens is 419 g/mol. The van der Waals surface area contributed by atoms with E-state index in [1.165, 1.54) is 37.0 Å². The number of aryl methyl sites for hydroxylation is 2. The molecule has 0 saturated heterocycles. The first-order valence-corrected chi connectivity index (χ1v) is 9.68.